The number of halogens is 2. The van der Waals surface area contributed by atoms with Crippen LogP contribution in [0.5, 0.6) is 0 Å². The molecule has 0 aliphatic carbocycles. The van der Waals surface area contributed by atoms with Gasteiger partial charge in [0.05, 0.1) is 16.0 Å². The second kappa shape index (κ2) is 3.11. The van der Waals surface area contributed by atoms with Gasteiger partial charge in [-0.05, 0) is 6.07 Å². The van der Waals surface area contributed by atoms with Gasteiger partial charge in [0.2, 0.25) is 0 Å². The predicted molar refractivity (Wildman–Crippen MR) is 40.8 cm³/mol. The van der Waals surface area contributed by atoms with Gasteiger partial charge in [-0.2, -0.15) is 0 Å². The normalized spacial score (nSPS) is 9.64. The molecule has 0 radical (unpaired) electrons. The number of rotatable bonds is 1. The van der Waals surface area contributed by atoms with E-state index in [1.165, 1.54) is 18.2 Å². The van der Waals surface area contributed by atoms with Crippen molar-refractivity contribution in [2.75, 3.05) is 0 Å². The summed E-state index contributed by atoms with van der Waals surface area (Å²) in [4.78, 5) is 10.3. The van der Waals surface area contributed by atoms with Gasteiger partial charge < -0.3 is 9.90 Å². The zero-order valence-electron chi connectivity index (χ0n) is 5.30. The molecule has 11 heavy (non-hydrogen) atoms. The van der Waals surface area contributed by atoms with Crippen LogP contribution >= 0.6 is 23.2 Å². The topological polar surface area (TPSA) is 40.1 Å². The van der Waals surface area contributed by atoms with E-state index in [1.807, 2.05) is 0 Å². The first-order chi connectivity index (χ1) is 5.13. The Bertz CT molecular complexity index is 296. The molecule has 58 valence electrons. The minimum atomic E-state index is -1.32. The molecule has 1 aromatic rings. The Kier molecular flexibility index (Phi) is 2.37. The number of carboxylic acids is 1. The van der Waals surface area contributed by atoms with E-state index in [0.717, 1.165) is 0 Å². The highest BCUT2D eigenvalue weighted by Crippen LogP contribution is 2.24. The molecule has 1 aromatic carbocycles. The van der Waals surface area contributed by atoms with E-state index in [-0.39, 0.29) is 15.6 Å². The number of carbonyl (C=O) groups is 1. The molecule has 0 aliphatic heterocycles. The smallest absolute Gasteiger partial charge is 0.0730 e. The second-order valence-electron chi connectivity index (χ2n) is 1.89. The molecule has 0 spiro atoms. The third-order valence-corrected chi connectivity index (χ3v) is 1.99. The van der Waals surface area contributed by atoms with Gasteiger partial charge in [0.1, 0.15) is 0 Å². The summed E-state index contributed by atoms with van der Waals surface area (Å²) >= 11 is 11.1. The first kappa shape index (κ1) is 8.37. The maximum absolute atomic E-state index is 10.3. The van der Waals surface area contributed by atoms with E-state index in [1.54, 1.807) is 0 Å². The highest BCUT2D eigenvalue weighted by molar-refractivity contribution is 6.43. The molecule has 0 atom stereocenters. The van der Waals surface area contributed by atoms with Crippen LogP contribution in [0.2, 0.25) is 10.0 Å². The minimum Gasteiger partial charge on any atom is -0.545 e. The van der Waals surface area contributed by atoms with Crippen LogP contribution in [0, 0.1) is 0 Å². The van der Waals surface area contributed by atoms with E-state index in [2.05, 4.69) is 0 Å². The van der Waals surface area contributed by atoms with Crippen LogP contribution in [0.4, 0.5) is 0 Å². The van der Waals surface area contributed by atoms with Gasteiger partial charge in [-0.1, -0.05) is 35.3 Å². The van der Waals surface area contributed by atoms with Gasteiger partial charge in [-0.15, -0.1) is 0 Å². The summed E-state index contributed by atoms with van der Waals surface area (Å²) in [6, 6.07) is 4.35. The molecule has 0 amide bonds. The van der Waals surface area contributed by atoms with E-state index < -0.39 is 5.97 Å². The maximum Gasteiger partial charge on any atom is 0.0730 e. The molecule has 0 fully saturated rings. The molecule has 4 heteroatoms. The summed E-state index contributed by atoms with van der Waals surface area (Å²) in [7, 11) is 0. The van der Waals surface area contributed by atoms with Gasteiger partial charge in [0.25, 0.3) is 0 Å². The lowest BCUT2D eigenvalue weighted by atomic mass is 10.2. The molecule has 0 saturated heterocycles. The molecule has 0 aliphatic rings. The van der Waals surface area contributed by atoms with Crippen molar-refractivity contribution in [3.8, 4) is 0 Å². The Morgan fingerprint density at radius 3 is 2.45 bits per heavy atom. The van der Waals surface area contributed by atoms with Gasteiger partial charge in [-0.25, -0.2) is 0 Å². The first-order valence-electron chi connectivity index (χ1n) is 2.78. The van der Waals surface area contributed by atoms with Crippen molar-refractivity contribution < 1.29 is 9.90 Å². The average molecular weight is 190 g/mol. The van der Waals surface area contributed by atoms with Crippen LogP contribution in [0.15, 0.2) is 18.2 Å². The summed E-state index contributed by atoms with van der Waals surface area (Å²) in [6.07, 6.45) is 0. The fourth-order valence-electron chi connectivity index (χ4n) is 0.661. The van der Waals surface area contributed by atoms with Gasteiger partial charge in [-0.3, -0.25) is 0 Å². The Morgan fingerprint density at radius 1 is 1.36 bits per heavy atom. The zero-order chi connectivity index (χ0) is 8.43. The first-order valence-corrected chi connectivity index (χ1v) is 3.54. The van der Waals surface area contributed by atoms with Crippen molar-refractivity contribution in [1.82, 2.24) is 0 Å². The molecule has 0 aromatic heterocycles. The SMILES string of the molecule is O=C([O-])c1cccc(Cl)c1Cl. The maximum atomic E-state index is 10.3. The number of carboxylic acid groups (broad SMARTS) is 1. The number of hydrogen-bond acceptors (Lipinski definition) is 2. The fourth-order valence-corrected chi connectivity index (χ4v) is 1.04. The molecular weight excluding hydrogens is 187 g/mol. The van der Waals surface area contributed by atoms with E-state index in [4.69, 9.17) is 23.2 Å². The monoisotopic (exact) mass is 189 g/mol. The number of benzene rings is 1. The third kappa shape index (κ3) is 1.64. The highest BCUT2D eigenvalue weighted by Gasteiger charge is 2.03. The van der Waals surface area contributed by atoms with E-state index >= 15 is 0 Å². The molecule has 0 heterocycles. The number of carbonyl (C=O) groups excluding carboxylic acids is 1. The molecule has 1 rings (SSSR count). The number of hydrogen-bond donors (Lipinski definition) is 0. The Morgan fingerprint density at radius 2 is 2.00 bits per heavy atom. The molecule has 0 bridgehead atoms. The molecule has 0 N–H and O–H groups in total. The van der Waals surface area contributed by atoms with Crippen molar-refractivity contribution in [2.45, 2.75) is 0 Å². The van der Waals surface area contributed by atoms with E-state index in [0.29, 0.717) is 0 Å². The van der Waals surface area contributed by atoms with Gasteiger partial charge >= 0.3 is 0 Å². The van der Waals surface area contributed by atoms with Crippen molar-refractivity contribution >= 4 is 29.2 Å². The van der Waals surface area contributed by atoms with Crippen molar-refractivity contribution in [3.05, 3.63) is 33.8 Å². The van der Waals surface area contributed by atoms with E-state index in [9.17, 15) is 9.90 Å². The Balaban J connectivity index is 3.27. The molecule has 2 nitrogen and oxygen atoms in total. The number of aromatic carboxylic acids is 1. The molecular formula is C7H3Cl2O2-. The van der Waals surface area contributed by atoms with Crippen molar-refractivity contribution in [2.24, 2.45) is 0 Å². The van der Waals surface area contributed by atoms with Crippen molar-refractivity contribution in [1.29, 1.82) is 0 Å². The van der Waals surface area contributed by atoms with Gasteiger partial charge in [0.15, 0.2) is 0 Å². The lowest BCUT2D eigenvalue weighted by Gasteiger charge is -2.04. The third-order valence-electron chi connectivity index (χ3n) is 1.17. The lowest BCUT2D eigenvalue weighted by molar-refractivity contribution is -0.255. The minimum absolute atomic E-state index is 0.0224. The molecule has 0 unspecified atom stereocenters. The van der Waals surface area contributed by atoms with Crippen LogP contribution in [-0.4, -0.2) is 5.97 Å². The summed E-state index contributed by atoms with van der Waals surface area (Å²) in [6.45, 7) is 0. The Labute approximate surface area is 73.4 Å². The summed E-state index contributed by atoms with van der Waals surface area (Å²) in [5, 5.41) is 10.6. The van der Waals surface area contributed by atoms with Crippen molar-refractivity contribution in [3.63, 3.8) is 0 Å². The average Bonchev–Trinajstić information content (AvgIpc) is 1.94. The van der Waals surface area contributed by atoms with Crippen LogP contribution < -0.4 is 5.11 Å². The second-order valence-corrected chi connectivity index (χ2v) is 2.67. The van der Waals surface area contributed by atoms with Crippen LogP contribution in [0.3, 0.4) is 0 Å². The van der Waals surface area contributed by atoms with Crippen LogP contribution in [0.1, 0.15) is 10.4 Å². The van der Waals surface area contributed by atoms with Crippen LogP contribution in [0.25, 0.3) is 0 Å². The standard InChI is InChI=1S/C7H4Cl2O2/c8-5-3-1-2-4(6(5)9)7(10)11/h1-3H,(H,10,11)/p-1. The summed E-state index contributed by atoms with van der Waals surface area (Å²) < 4.78 is 0. The summed E-state index contributed by atoms with van der Waals surface area (Å²) in [5.74, 6) is -1.32. The Hall–Kier alpha value is -0.730. The highest BCUT2D eigenvalue weighted by atomic mass is 35.5. The zero-order valence-corrected chi connectivity index (χ0v) is 6.82. The summed E-state index contributed by atoms with van der Waals surface area (Å²) in [5.41, 5.74) is -0.0841. The predicted octanol–water partition coefficient (Wildman–Crippen LogP) is 1.36. The molecule has 0 saturated carbocycles. The lowest BCUT2D eigenvalue weighted by Crippen LogP contribution is -2.22. The van der Waals surface area contributed by atoms with Crippen LogP contribution in [-0.2, 0) is 0 Å². The largest absolute Gasteiger partial charge is 0.545 e. The van der Waals surface area contributed by atoms with Gasteiger partial charge in [0, 0.05) is 5.56 Å². The fraction of sp³-hybridized carbons (Fsp3) is 0. The quantitative estimate of drug-likeness (QED) is 0.670.